The van der Waals surface area contributed by atoms with Gasteiger partial charge < -0.3 is 29.7 Å². The standard InChI is InChI=1S/3C6H12O2S.Sb/c3*1-2-3-4-9-5-6(7)8;/h3*2-5H2,1H3,(H,7,8);/q;;;+3/p-3. The van der Waals surface area contributed by atoms with Gasteiger partial charge in [-0.3, -0.25) is 0 Å². The van der Waals surface area contributed by atoms with Crippen LogP contribution in [-0.2, 0) is 14.4 Å². The predicted molar refractivity (Wildman–Crippen MR) is 117 cm³/mol. The number of carbonyl (C=O) groups excluding carboxylic acids is 3. The second-order valence-corrected chi connectivity index (χ2v) is 8.65. The maximum absolute atomic E-state index is 9.83. The largest absolute Gasteiger partial charge is 3.00 e. The van der Waals surface area contributed by atoms with E-state index < -0.39 is 17.9 Å². The number of aliphatic carboxylic acids is 3. The zero-order chi connectivity index (χ0) is 21.3. The summed E-state index contributed by atoms with van der Waals surface area (Å²) in [7, 11) is 0. The Labute approximate surface area is 200 Å². The van der Waals surface area contributed by atoms with Crippen LogP contribution >= 0.6 is 35.3 Å². The van der Waals surface area contributed by atoms with Gasteiger partial charge in [-0.15, -0.1) is 0 Å². The molecule has 0 spiro atoms. The third-order valence-corrected chi connectivity index (χ3v) is 5.64. The van der Waals surface area contributed by atoms with E-state index in [0.29, 0.717) is 0 Å². The van der Waals surface area contributed by atoms with E-state index in [1.54, 1.807) is 0 Å². The van der Waals surface area contributed by atoms with E-state index in [1.165, 1.54) is 35.3 Å². The molecule has 2 radical (unpaired) electrons. The molecule has 0 N–H and O–H groups in total. The minimum atomic E-state index is -0.962. The van der Waals surface area contributed by atoms with Crippen molar-refractivity contribution in [2.75, 3.05) is 34.5 Å². The smallest absolute Gasteiger partial charge is 0.549 e. The Bertz CT molecular complexity index is 308. The summed E-state index contributed by atoms with van der Waals surface area (Å²) in [5.41, 5.74) is 0. The summed E-state index contributed by atoms with van der Waals surface area (Å²) in [4.78, 5) is 29.5. The summed E-state index contributed by atoms with van der Waals surface area (Å²) >= 11 is 4.27. The third kappa shape index (κ3) is 50.3. The van der Waals surface area contributed by atoms with Gasteiger partial charge in [-0.25, -0.2) is 0 Å². The third-order valence-electron chi connectivity index (χ3n) is 2.59. The van der Waals surface area contributed by atoms with Gasteiger partial charge in [0.05, 0.1) is 17.9 Å². The van der Waals surface area contributed by atoms with Crippen LogP contribution in [0.2, 0.25) is 0 Å². The van der Waals surface area contributed by atoms with Gasteiger partial charge in [0.1, 0.15) is 0 Å². The first-order valence-corrected chi connectivity index (χ1v) is 12.6. The second-order valence-electron chi connectivity index (χ2n) is 5.33. The Morgan fingerprint density at radius 1 is 0.571 bits per heavy atom. The zero-order valence-electron chi connectivity index (χ0n) is 17.1. The molecule has 0 heterocycles. The van der Waals surface area contributed by atoms with E-state index in [4.69, 9.17) is 0 Å². The first-order chi connectivity index (χ1) is 12.8. The van der Waals surface area contributed by atoms with E-state index in [0.717, 1.165) is 55.8 Å². The Hall–Kier alpha value is 0.278. The molecule has 10 heteroatoms. The van der Waals surface area contributed by atoms with Crippen LogP contribution in [0.15, 0.2) is 0 Å². The monoisotopic (exact) mass is 562 g/mol. The van der Waals surface area contributed by atoms with Crippen LogP contribution in [0.3, 0.4) is 0 Å². The van der Waals surface area contributed by atoms with Gasteiger partial charge in [0, 0.05) is 17.3 Å². The van der Waals surface area contributed by atoms with Gasteiger partial charge in [-0.05, 0) is 36.5 Å². The van der Waals surface area contributed by atoms with E-state index >= 15 is 0 Å². The van der Waals surface area contributed by atoms with Crippen LogP contribution < -0.4 is 15.3 Å². The van der Waals surface area contributed by atoms with Crippen molar-refractivity contribution in [3.05, 3.63) is 0 Å². The van der Waals surface area contributed by atoms with E-state index in [2.05, 4.69) is 20.8 Å². The van der Waals surface area contributed by atoms with Gasteiger partial charge in [-0.1, -0.05) is 40.0 Å². The van der Waals surface area contributed by atoms with E-state index in [-0.39, 0.29) is 41.7 Å². The molecule has 0 aliphatic rings. The van der Waals surface area contributed by atoms with Crippen LogP contribution in [0.4, 0.5) is 0 Å². The van der Waals surface area contributed by atoms with Crippen molar-refractivity contribution in [1.29, 1.82) is 0 Å². The van der Waals surface area contributed by atoms with Gasteiger partial charge in [0.15, 0.2) is 0 Å². The molecule has 0 bridgehead atoms. The fraction of sp³-hybridized carbons (Fsp3) is 0.833. The fourth-order valence-electron chi connectivity index (χ4n) is 1.21. The van der Waals surface area contributed by atoms with Crippen molar-refractivity contribution < 1.29 is 29.7 Å². The Morgan fingerprint density at radius 3 is 0.929 bits per heavy atom. The first kappa shape index (κ1) is 35.7. The molecule has 0 aliphatic heterocycles. The summed E-state index contributed by atoms with van der Waals surface area (Å²) in [5, 5.41) is 29.5. The first-order valence-electron chi connectivity index (χ1n) is 9.14. The van der Waals surface area contributed by atoms with Gasteiger partial charge in [-0.2, -0.15) is 35.3 Å². The van der Waals surface area contributed by atoms with Crippen molar-refractivity contribution in [3.8, 4) is 0 Å². The SMILES string of the molecule is CCCCSCC(=O)[O-].CCCCSCC(=O)[O-].CCCCSCC(=O)[O-].[Sb+3]. The molecule has 6 nitrogen and oxygen atoms in total. The molecule has 0 aliphatic carbocycles. The Kier molecular flexibility index (Phi) is 40.7. The Morgan fingerprint density at radius 2 is 0.786 bits per heavy atom. The second kappa shape index (κ2) is 32.0. The van der Waals surface area contributed by atoms with Crippen molar-refractivity contribution in [1.82, 2.24) is 0 Å². The molecule has 28 heavy (non-hydrogen) atoms. The molecule has 164 valence electrons. The number of hydrogen-bond donors (Lipinski definition) is 0. The quantitative estimate of drug-likeness (QED) is 0.206. The summed E-state index contributed by atoms with van der Waals surface area (Å²) in [6.07, 6.45) is 6.66. The van der Waals surface area contributed by atoms with Crippen molar-refractivity contribution in [2.45, 2.75) is 59.3 Å². The van der Waals surface area contributed by atoms with Crippen LogP contribution in [0.1, 0.15) is 59.3 Å². The van der Waals surface area contributed by atoms with Crippen LogP contribution in [0.25, 0.3) is 0 Å². The molecule has 0 atom stereocenters. The molecule has 0 fully saturated rings. The van der Waals surface area contributed by atoms with Crippen LogP contribution in [0, 0.1) is 0 Å². The molecule has 0 unspecified atom stereocenters. The molecule has 0 aromatic heterocycles. The minimum absolute atomic E-state index is 0. The van der Waals surface area contributed by atoms with Crippen molar-refractivity contribution >= 4 is 77.6 Å². The van der Waals surface area contributed by atoms with E-state index in [1.807, 2.05) is 0 Å². The summed E-state index contributed by atoms with van der Waals surface area (Å²) < 4.78 is 0. The molecule has 0 saturated carbocycles. The Balaban J connectivity index is -0.000000152. The average molecular weight is 563 g/mol. The number of carbonyl (C=O) groups is 3. The number of unbranched alkanes of at least 4 members (excludes halogenated alkanes) is 3. The molecule has 0 saturated heterocycles. The number of rotatable bonds is 15. The van der Waals surface area contributed by atoms with Gasteiger partial charge in [0.2, 0.25) is 0 Å². The molecular formula is C18H33O6S3Sb. The molecule has 0 amide bonds. The predicted octanol–water partition coefficient (Wildman–Crippen LogP) is 0.428. The number of carboxylic acid groups (broad SMARTS) is 3. The molecule has 0 rings (SSSR count). The van der Waals surface area contributed by atoms with Gasteiger partial charge in [0.25, 0.3) is 0 Å². The number of hydrogen-bond acceptors (Lipinski definition) is 9. The van der Waals surface area contributed by atoms with Crippen LogP contribution in [-0.4, -0.2) is 76.9 Å². The maximum Gasteiger partial charge on any atom is 3.00 e. The van der Waals surface area contributed by atoms with E-state index in [9.17, 15) is 29.7 Å². The fourth-order valence-corrected chi connectivity index (χ4v) is 3.62. The summed E-state index contributed by atoms with van der Waals surface area (Å²) in [6, 6.07) is 0. The molecule has 0 aromatic rings. The number of carboxylic acids is 3. The van der Waals surface area contributed by atoms with Crippen molar-refractivity contribution in [3.63, 3.8) is 0 Å². The maximum atomic E-state index is 9.83. The topological polar surface area (TPSA) is 120 Å². The molecule has 0 aromatic carbocycles. The summed E-state index contributed by atoms with van der Waals surface area (Å²) in [6.45, 7) is 6.25. The normalized spacial score (nSPS) is 9.11. The average Bonchev–Trinajstić information content (AvgIpc) is 2.60. The number of thioether (sulfide) groups is 3. The summed E-state index contributed by atoms with van der Waals surface area (Å²) in [5.74, 6) is 0.336. The zero-order valence-corrected chi connectivity index (χ0v) is 22.1. The van der Waals surface area contributed by atoms with Crippen LogP contribution in [0.5, 0.6) is 0 Å². The molecular weight excluding hydrogens is 530 g/mol. The minimum Gasteiger partial charge on any atom is -0.549 e. The van der Waals surface area contributed by atoms with Crippen molar-refractivity contribution in [2.24, 2.45) is 0 Å². The van der Waals surface area contributed by atoms with Gasteiger partial charge >= 0.3 is 24.4 Å².